The number of anilines is 2. The molecule has 1 heterocycles. The average molecular weight is 435 g/mol. The van der Waals surface area contributed by atoms with Crippen LogP contribution in [0.25, 0.3) is 16.6 Å². The Kier molecular flexibility index (Phi) is 4.18. The monoisotopic (exact) mass is 435 g/mol. The molecule has 0 saturated heterocycles. The van der Waals surface area contributed by atoms with Crippen LogP contribution in [0.5, 0.6) is 0 Å². The van der Waals surface area contributed by atoms with Gasteiger partial charge < -0.3 is 16.2 Å². The van der Waals surface area contributed by atoms with E-state index in [-0.39, 0.29) is 11.3 Å². The lowest BCUT2D eigenvalue weighted by Gasteiger charge is -2.15. The van der Waals surface area contributed by atoms with Crippen molar-refractivity contribution in [3.05, 3.63) is 62.0 Å². The Morgan fingerprint density at radius 3 is 2.42 bits per heavy atom. The molecule has 0 atom stereocenters. The number of nitrogens with two attached hydrogens (primary N) is 2. The van der Waals surface area contributed by atoms with Gasteiger partial charge in [0.05, 0.1) is 18.3 Å². The van der Waals surface area contributed by atoms with Crippen LogP contribution in [0.1, 0.15) is 10.4 Å². The normalized spacial score (nSPS) is 10.8. The number of esters is 1. The van der Waals surface area contributed by atoms with Gasteiger partial charge in [0.25, 0.3) is 5.56 Å². The topological polar surface area (TPSA) is 100 Å². The lowest BCUT2D eigenvalue weighted by Crippen LogP contribution is -2.28. The number of nitrogen functional groups attached to an aromatic ring is 2. The van der Waals surface area contributed by atoms with Gasteiger partial charge in [-0.05, 0) is 65.1 Å². The molecule has 0 aliphatic heterocycles. The number of benzene rings is 2. The number of carbonyl (C=O) groups excluding carboxylic acids is 1. The first-order valence-electron chi connectivity index (χ1n) is 7.02. The first-order chi connectivity index (χ1) is 11.4. The van der Waals surface area contributed by atoms with Crippen LogP contribution in [0.2, 0.25) is 0 Å². The van der Waals surface area contributed by atoms with Crippen LogP contribution in [0.3, 0.4) is 0 Å². The highest BCUT2D eigenvalue weighted by Crippen LogP contribution is 2.27. The summed E-state index contributed by atoms with van der Waals surface area (Å²) in [4.78, 5) is 25.0. The van der Waals surface area contributed by atoms with Crippen LogP contribution in [0.15, 0.2) is 47.3 Å². The Bertz CT molecular complexity index is 1010. The summed E-state index contributed by atoms with van der Waals surface area (Å²) in [5.74, 6) is -0.762. The minimum Gasteiger partial charge on any atom is -0.465 e. The fraction of sp³-hybridized carbons (Fsp3) is 0.0588. The van der Waals surface area contributed by atoms with Gasteiger partial charge in [0.15, 0.2) is 0 Å². The zero-order valence-corrected chi connectivity index (χ0v) is 14.9. The molecule has 6 nitrogen and oxygen atoms in total. The summed E-state index contributed by atoms with van der Waals surface area (Å²) < 4.78 is 7.11. The zero-order valence-electron chi connectivity index (χ0n) is 12.7. The number of fused-ring (bicyclic) bond motifs is 1. The predicted octanol–water partition coefficient (Wildman–Crippen LogP) is 2.55. The molecular weight excluding hydrogens is 421 g/mol. The molecule has 7 heteroatoms. The molecule has 1 aromatic heterocycles. The van der Waals surface area contributed by atoms with Gasteiger partial charge in [0.1, 0.15) is 5.56 Å². The second kappa shape index (κ2) is 6.16. The molecule has 0 amide bonds. The molecule has 0 bridgehead atoms. The van der Waals surface area contributed by atoms with Crippen molar-refractivity contribution in [3.8, 4) is 5.69 Å². The van der Waals surface area contributed by atoms with E-state index in [0.29, 0.717) is 22.3 Å². The molecule has 0 aliphatic carbocycles. The molecule has 2 aromatic carbocycles. The van der Waals surface area contributed by atoms with E-state index < -0.39 is 11.5 Å². The van der Waals surface area contributed by atoms with E-state index in [4.69, 9.17) is 16.2 Å². The number of hydrogen-bond donors (Lipinski definition) is 2. The number of ether oxygens (including phenoxy) is 1. The number of halogens is 1. The van der Waals surface area contributed by atoms with Crippen molar-refractivity contribution in [1.82, 2.24) is 4.57 Å². The Morgan fingerprint density at radius 2 is 1.79 bits per heavy atom. The SMILES string of the molecule is COC(=O)c1c(N)c2ccc(I)cc2n(-c2ccc(N)cc2)c1=O. The van der Waals surface area contributed by atoms with Gasteiger partial charge in [-0.25, -0.2) is 4.79 Å². The van der Waals surface area contributed by atoms with Crippen LogP contribution in [-0.2, 0) is 4.74 Å². The largest absolute Gasteiger partial charge is 0.465 e. The summed E-state index contributed by atoms with van der Waals surface area (Å²) in [6, 6.07) is 12.3. The minimum absolute atomic E-state index is 0.116. The van der Waals surface area contributed by atoms with Crippen LogP contribution in [-0.4, -0.2) is 17.6 Å². The third-order valence-corrected chi connectivity index (χ3v) is 4.39. The Morgan fingerprint density at radius 1 is 1.12 bits per heavy atom. The summed E-state index contributed by atoms with van der Waals surface area (Å²) in [7, 11) is 1.22. The lowest BCUT2D eigenvalue weighted by molar-refractivity contribution is 0.0600. The van der Waals surface area contributed by atoms with Crippen molar-refractivity contribution in [1.29, 1.82) is 0 Å². The van der Waals surface area contributed by atoms with E-state index >= 15 is 0 Å². The molecule has 3 aromatic rings. The van der Waals surface area contributed by atoms with E-state index in [0.717, 1.165) is 3.57 Å². The molecule has 122 valence electrons. The first-order valence-corrected chi connectivity index (χ1v) is 8.10. The van der Waals surface area contributed by atoms with Crippen molar-refractivity contribution < 1.29 is 9.53 Å². The van der Waals surface area contributed by atoms with Crippen molar-refractivity contribution in [2.24, 2.45) is 0 Å². The molecule has 24 heavy (non-hydrogen) atoms. The molecule has 0 unspecified atom stereocenters. The number of rotatable bonds is 2. The summed E-state index contributed by atoms with van der Waals surface area (Å²) in [6.45, 7) is 0. The fourth-order valence-electron chi connectivity index (χ4n) is 2.57. The molecule has 0 radical (unpaired) electrons. The van der Waals surface area contributed by atoms with Gasteiger partial charge in [0, 0.05) is 20.3 Å². The summed E-state index contributed by atoms with van der Waals surface area (Å²) >= 11 is 2.15. The second-order valence-corrected chi connectivity index (χ2v) is 6.42. The van der Waals surface area contributed by atoms with Gasteiger partial charge >= 0.3 is 5.97 Å². The maximum absolute atomic E-state index is 12.9. The molecular formula is C17H14IN3O3. The van der Waals surface area contributed by atoms with Crippen molar-refractivity contribution in [2.45, 2.75) is 0 Å². The van der Waals surface area contributed by atoms with E-state index in [9.17, 15) is 9.59 Å². The molecule has 0 saturated carbocycles. The van der Waals surface area contributed by atoms with Crippen LogP contribution in [0, 0.1) is 3.57 Å². The van der Waals surface area contributed by atoms with Crippen LogP contribution >= 0.6 is 22.6 Å². The van der Waals surface area contributed by atoms with Crippen molar-refractivity contribution >= 4 is 50.8 Å². The standard InChI is InChI=1S/C17H14IN3O3/c1-24-17(23)14-15(20)12-7-2-9(18)8-13(12)21(16(14)22)11-5-3-10(19)4-6-11/h2-8H,19-20H2,1H3. The average Bonchev–Trinajstić information content (AvgIpc) is 2.56. The highest BCUT2D eigenvalue weighted by Gasteiger charge is 2.22. The third-order valence-electron chi connectivity index (χ3n) is 3.72. The van der Waals surface area contributed by atoms with Crippen molar-refractivity contribution in [3.63, 3.8) is 0 Å². The number of hydrogen-bond acceptors (Lipinski definition) is 5. The van der Waals surface area contributed by atoms with Crippen LogP contribution < -0.4 is 17.0 Å². The maximum Gasteiger partial charge on any atom is 0.345 e. The molecule has 4 N–H and O–H groups in total. The molecule has 0 fully saturated rings. The zero-order chi connectivity index (χ0) is 17.4. The fourth-order valence-corrected chi connectivity index (χ4v) is 3.04. The Hall–Kier alpha value is -2.55. The number of aromatic nitrogens is 1. The van der Waals surface area contributed by atoms with E-state index in [1.165, 1.54) is 11.7 Å². The summed E-state index contributed by atoms with van der Waals surface area (Å²) in [5.41, 5.74) is 13.0. The van der Waals surface area contributed by atoms with Gasteiger partial charge in [-0.2, -0.15) is 0 Å². The van der Waals surface area contributed by atoms with E-state index in [1.807, 2.05) is 12.1 Å². The van der Waals surface area contributed by atoms with Gasteiger partial charge in [-0.1, -0.05) is 0 Å². The van der Waals surface area contributed by atoms with Crippen LogP contribution in [0.4, 0.5) is 11.4 Å². The number of nitrogens with zero attached hydrogens (tertiary/aromatic N) is 1. The van der Waals surface area contributed by atoms with E-state index in [1.54, 1.807) is 30.3 Å². The maximum atomic E-state index is 12.9. The number of pyridine rings is 1. The van der Waals surface area contributed by atoms with Gasteiger partial charge in [-0.3, -0.25) is 9.36 Å². The molecule has 0 spiro atoms. The van der Waals surface area contributed by atoms with Crippen molar-refractivity contribution in [2.75, 3.05) is 18.6 Å². The summed E-state index contributed by atoms with van der Waals surface area (Å²) in [5, 5.41) is 0.604. The summed E-state index contributed by atoms with van der Waals surface area (Å²) in [6.07, 6.45) is 0. The highest BCUT2D eigenvalue weighted by atomic mass is 127. The number of methoxy groups -OCH3 is 1. The molecule has 3 rings (SSSR count). The third kappa shape index (κ3) is 2.60. The lowest BCUT2D eigenvalue weighted by atomic mass is 10.1. The van der Waals surface area contributed by atoms with Gasteiger partial charge in [-0.15, -0.1) is 0 Å². The quantitative estimate of drug-likeness (QED) is 0.366. The first kappa shape index (κ1) is 16.3. The second-order valence-electron chi connectivity index (χ2n) is 5.17. The molecule has 0 aliphatic rings. The highest BCUT2D eigenvalue weighted by molar-refractivity contribution is 14.1. The minimum atomic E-state index is -0.762. The smallest absolute Gasteiger partial charge is 0.345 e. The van der Waals surface area contributed by atoms with Gasteiger partial charge in [0.2, 0.25) is 0 Å². The Labute approximate surface area is 151 Å². The Balaban J connectivity index is 2.50. The van der Waals surface area contributed by atoms with E-state index in [2.05, 4.69) is 22.6 Å². The predicted molar refractivity (Wildman–Crippen MR) is 102 cm³/mol. The number of carbonyl (C=O) groups is 1.